The summed E-state index contributed by atoms with van der Waals surface area (Å²) in [6.45, 7) is 10.6. The highest BCUT2D eigenvalue weighted by Gasteiger charge is 2.61. The Balaban J connectivity index is 1.63. The molecule has 0 aromatic heterocycles. The van der Waals surface area contributed by atoms with Gasteiger partial charge < -0.3 is 4.90 Å². The van der Waals surface area contributed by atoms with Gasteiger partial charge in [-0.3, -0.25) is 14.4 Å². The van der Waals surface area contributed by atoms with E-state index in [0.717, 1.165) is 50.9 Å². The number of piperidine rings is 1. The number of hydrogen-bond acceptors (Lipinski definition) is 3. The number of allylic oxidation sites excluding steroid dienone is 2. The number of nitrogens with zero attached hydrogens (tertiary/aromatic N) is 2. The first-order valence-corrected chi connectivity index (χ1v) is 11.7. The Hall–Kier alpha value is -1.36. The number of hydrogen-bond donors (Lipinski definition) is 0. The zero-order valence-corrected chi connectivity index (χ0v) is 18.9. The third-order valence-electron chi connectivity index (χ3n) is 9.28. The van der Waals surface area contributed by atoms with Gasteiger partial charge in [-0.25, -0.2) is 0 Å². The van der Waals surface area contributed by atoms with Crippen molar-refractivity contribution >= 4 is 11.8 Å². The Kier molecular flexibility index (Phi) is 5.33. The minimum absolute atomic E-state index is 0.00906. The third-order valence-corrected chi connectivity index (χ3v) is 9.28. The van der Waals surface area contributed by atoms with Crippen LogP contribution in [-0.2, 0) is 14.4 Å². The summed E-state index contributed by atoms with van der Waals surface area (Å²) < 4.78 is 0. The molecule has 0 radical (unpaired) electrons. The molecular weight excluding hydrogens is 364 g/mol. The fourth-order valence-electron chi connectivity index (χ4n) is 7.67. The lowest BCUT2D eigenvalue weighted by atomic mass is 9.49. The monoisotopic (exact) mass is 402 g/mol. The summed E-state index contributed by atoms with van der Waals surface area (Å²) in [5.74, 6) is 2.44. The molecule has 0 aromatic rings. The molecule has 1 heterocycles. The Bertz CT molecular complexity index is 715. The number of carbonyl (C=O) groups excluding carboxylic acids is 2. The Morgan fingerprint density at radius 2 is 1.90 bits per heavy atom. The van der Waals surface area contributed by atoms with Crippen molar-refractivity contribution in [1.82, 2.24) is 9.96 Å². The normalized spacial score (nSPS) is 41.3. The molecule has 0 spiro atoms. The van der Waals surface area contributed by atoms with E-state index < -0.39 is 0 Å². The number of rotatable bonds is 4. The molecule has 3 fully saturated rings. The average Bonchev–Trinajstić information content (AvgIpc) is 3.06. The van der Waals surface area contributed by atoms with Gasteiger partial charge in [-0.15, -0.1) is 0 Å². The van der Waals surface area contributed by atoms with E-state index in [-0.39, 0.29) is 22.7 Å². The van der Waals surface area contributed by atoms with E-state index in [1.54, 1.807) is 12.2 Å². The van der Waals surface area contributed by atoms with Crippen molar-refractivity contribution in [3.63, 3.8) is 0 Å². The second kappa shape index (κ2) is 7.40. The molecule has 4 aliphatic rings. The molecule has 5 heteroatoms. The second-order valence-electron chi connectivity index (χ2n) is 10.2. The van der Waals surface area contributed by atoms with Crippen molar-refractivity contribution in [3.05, 3.63) is 11.8 Å². The SMILES string of the molecule is CCN(CC)C(=O)C1CC[C@H]2[C@@H]3CC=C4N(OC)C(=O)CC[C@]4(C)[C@@H]3CC[C@]12C. The van der Waals surface area contributed by atoms with E-state index in [9.17, 15) is 9.59 Å². The molecule has 1 aliphatic heterocycles. The molecule has 0 aromatic carbocycles. The Morgan fingerprint density at radius 1 is 1.17 bits per heavy atom. The van der Waals surface area contributed by atoms with E-state index in [2.05, 4.69) is 33.8 Å². The molecule has 162 valence electrons. The maximum atomic E-state index is 13.3. The molecule has 0 N–H and O–H groups in total. The molecule has 4 rings (SSSR count). The van der Waals surface area contributed by atoms with Crippen LogP contribution in [0.15, 0.2) is 11.8 Å². The van der Waals surface area contributed by atoms with Gasteiger partial charge in [0.2, 0.25) is 5.91 Å². The maximum absolute atomic E-state index is 13.3. The van der Waals surface area contributed by atoms with Crippen LogP contribution in [0.1, 0.15) is 72.6 Å². The summed E-state index contributed by atoms with van der Waals surface area (Å²) in [6.07, 6.45) is 9.26. The van der Waals surface area contributed by atoms with Gasteiger partial charge in [0, 0.05) is 30.8 Å². The van der Waals surface area contributed by atoms with Gasteiger partial charge in [-0.1, -0.05) is 19.9 Å². The zero-order chi connectivity index (χ0) is 21.0. The van der Waals surface area contributed by atoms with E-state index in [4.69, 9.17) is 4.84 Å². The van der Waals surface area contributed by atoms with Gasteiger partial charge in [-0.2, -0.15) is 5.06 Å². The van der Waals surface area contributed by atoms with Crippen molar-refractivity contribution in [3.8, 4) is 0 Å². The molecule has 0 bridgehead atoms. The molecule has 5 nitrogen and oxygen atoms in total. The van der Waals surface area contributed by atoms with Crippen LogP contribution in [0.25, 0.3) is 0 Å². The average molecular weight is 403 g/mol. The summed E-state index contributed by atoms with van der Waals surface area (Å²) in [7, 11) is 1.61. The zero-order valence-electron chi connectivity index (χ0n) is 18.9. The number of fused-ring (bicyclic) bond motifs is 5. The van der Waals surface area contributed by atoms with E-state index in [1.165, 1.54) is 6.42 Å². The molecule has 2 amide bonds. The van der Waals surface area contributed by atoms with Crippen LogP contribution in [0.2, 0.25) is 0 Å². The topological polar surface area (TPSA) is 49.9 Å². The highest BCUT2D eigenvalue weighted by molar-refractivity contribution is 5.80. The van der Waals surface area contributed by atoms with Crippen LogP contribution < -0.4 is 0 Å². The molecule has 3 aliphatic carbocycles. The summed E-state index contributed by atoms with van der Waals surface area (Å²) in [5.41, 5.74) is 1.22. The third kappa shape index (κ3) is 2.90. The lowest BCUT2D eigenvalue weighted by molar-refractivity contribution is -0.184. The summed E-state index contributed by atoms with van der Waals surface area (Å²) in [6, 6.07) is 0. The van der Waals surface area contributed by atoms with Crippen LogP contribution in [0.4, 0.5) is 0 Å². The lowest BCUT2D eigenvalue weighted by Gasteiger charge is -2.58. The van der Waals surface area contributed by atoms with Crippen LogP contribution in [-0.4, -0.2) is 42.0 Å². The fraction of sp³-hybridized carbons (Fsp3) is 0.833. The van der Waals surface area contributed by atoms with Crippen molar-refractivity contribution in [2.75, 3.05) is 20.2 Å². The first kappa shape index (κ1) is 20.9. The number of amides is 2. The predicted octanol–water partition coefficient (Wildman–Crippen LogP) is 4.39. The largest absolute Gasteiger partial charge is 0.343 e. The molecule has 2 saturated carbocycles. The molecule has 6 atom stereocenters. The fourth-order valence-corrected chi connectivity index (χ4v) is 7.67. The predicted molar refractivity (Wildman–Crippen MR) is 112 cm³/mol. The maximum Gasteiger partial charge on any atom is 0.250 e. The quantitative estimate of drug-likeness (QED) is 0.701. The Labute approximate surface area is 175 Å². The van der Waals surface area contributed by atoms with Gasteiger partial charge in [0.1, 0.15) is 0 Å². The number of carbonyl (C=O) groups is 2. The molecule has 29 heavy (non-hydrogen) atoms. The van der Waals surface area contributed by atoms with Crippen molar-refractivity contribution in [2.24, 2.45) is 34.5 Å². The van der Waals surface area contributed by atoms with Gasteiger partial charge in [-0.05, 0) is 75.5 Å². The molecular formula is C24H38N2O3. The van der Waals surface area contributed by atoms with Crippen LogP contribution >= 0.6 is 0 Å². The standard InChI is InChI=1S/C24H38N2O3/c1-6-25(7-2)22(28)19-10-9-17-16-8-11-20-24(4,15-13-21(27)26(20)29-5)18(16)12-14-23(17,19)3/h11,16-19H,6-10,12-15H2,1-5H3/t16-,17-,18+,19?,23-,24+/m0/s1. The van der Waals surface area contributed by atoms with Crippen LogP contribution in [0.5, 0.6) is 0 Å². The second-order valence-corrected chi connectivity index (χ2v) is 10.2. The first-order valence-electron chi connectivity index (χ1n) is 11.7. The van der Waals surface area contributed by atoms with Crippen molar-refractivity contribution in [1.29, 1.82) is 0 Å². The van der Waals surface area contributed by atoms with Gasteiger partial charge in [0.25, 0.3) is 5.91 Å². The summed E-state index contributed by atoms with van der Waals surface area (Å²) in [4.78, 5) is 33.2. The highest BCUT2D eigenvalue weighted by atomic mass is 16.7. The van der Waals surface area contributed by atoms with Crippen molar-refractivity contribution < 1.29 is 14.4 Å². The number of hydroxylamine groups is 2. The van der Waals surface area contributed by atoms with Gasteiger partial charge in [0.05, 0.1) is 12.8 Å². The highest BCUT2D eigenvalue weighted by Crippen LogP contribution is 2.66. The minimum Gasteiger partial charge on any atom is -0.343 e. The van der Waals surface area contributed by atoms with Gasteiger partial charge in [0.15, 0.2) is 0 Å². The smallest absolute Gasteiger partial charge is 0.250 e. The van der Waals surface area contributed by atoms with E-state index >= 15 is 0 Å². The van der Waals surface area contributed by atoms with Gasteiger partial charge >= 0.3 is 0 Å². The van der Waals surface area contributed by atoms with E-state index in [1.807, 2.05) is 4.90 Å². The van der Waals surface area contributed by atoms with Crippen molar-refractivity contribution in [2.45, 2.75) is 72.6 Å². The lowest BCUT2D eigenvalue weighted by Crippen LogP contribution is -2.55. The van der Waals surface area contributed by atoms with Crippen LogP contribution in [0.3, 0.4) is 0 Å². The first-order chi connectivity index (χ1) is 13.8. The molecule has 1 unspecified atom stereocenters. The Morgan fingerprint density at radius 3 is 2.55 bits per heavy atom. The van der Waals surface area contributed by atoms with Crippen LogP contribution in [0, 0.1) is 34.5 Å². The molecule has 1 saturated heterocycles. The minimum atomic E-state index is 0.00906. The summed E-state index contributed by atoms with van der Waals surface area (Å²) >= 11 is 0. The van der Waals surface area contributed by atoms with E-state index in [0.29, 0.717) is 30.1 Å². The summed E-state index contributed by atoms with van der Waals surface area (Å²) in [5, 5.41) is 1.56.